The molecule has 9 heteroatoms. The summed E-state index contributed by atoms with van der Waals surface area (Å²) >= 11 is 0. The van der Waals surface area contributed by atoms with Gasteiger partial charge in [0.1, 0.15) is 6.54 Å². The van der Waals surface area contributed by atoms with Crippen molar-refractivity contribution in [1.82, 2.24) is 29.2 Å². The van der Waals surface area contributed by atoms with Gasteiger partial charge in [-0.2, -0.15) is 0 Å². The molecule has 1 atom stereocenters. The molecule has 0 amide bonds. The number of carbonyl (C=O) groups is 1. The van der Waals surface area contributed by atoms with Crippen molar-refractivity contribution in [2.75, 3.05) is 0 Å². The highest BCUT2D eigenvalue weighted by Gasteiger charge is 2.15. The molecule has 3 heterocycles. The lowest BCUT2D eigenvalue weighted by Gasteiger charge is -1.98. The minimum atomic E-state index is -0.511. The number of hydrogen-bond acceptors (Lipinski definition) is 6. The van der Waals surface area contributed by atoms with Crippen LogP contribution in [0.1, 0.15) is 23.5 Å². The van der Waals surface area contributed by atoms with E-state index in [1.807, 2.05) is 0 Å². The normalized spacial score (nSPS) is 12.7. The molecule has 3 aromatic rings. The van der Waals surface area contributed by atoms with Gasteiger partial charge < -0.3 is 5.73 Å². The summed E-state index contributed by atoms with van der Waals surface area (Å²) in [6, 6.07) is 4.81. The standard InChI is InChI=1S/C12H13N7O2/c1-8(13)9-6-17(16-14-9)7-11(20)19-12(21)18-5-3-2-4-10(18)15-19/h2-6,8H,7,13H2,1H3. The molecule has 3 aromatic heterocycles. The molecule has 21 heavy (non-hydrogen) atoms. The van der Waals surface area contributed by atoms with E-state index in [2.05, 4.69) is 15.4 Å². The SMILES string of the molecule is CC(N)c1cn(CC(=O)n2nc3ccccn3c2=O)nn1. The van der Waals surface area contributed by atoms with Crippen molar-refractivity contribution in [2.24, 2.45) is 5.73 Å². The number of carbonyl (C=O) groups excluding carboxylic acids is 1. The fraction of sp³-hybridized carbons (Fsp3) is 0.250. The molecule has 3 rings (SSSR count). The topological polar surface area (TPSA) is 113 Å². The number of fused-ring (bicyclic) bond motifs is 1. The Balaban J connectivity index is 1.90. The smallest absolute Gasteiger partial charge is 0.323 e. The maximum atomic E-state index is 12.2. The molecule has 0 bridgehead atoms. The van der Waals surface area contributed by atoms with Crippen LogP contribution in [-0.2, 0) is 6.54 Å². The highest BCUT2D eigenvalue weighted by atomic mass is 16.2. The number of nitrogens with zero attached hydrogens (tertiary/aromatic N) is 6. The first-order chi connectivity index (χ1) is 10.1. The van der Waals surface area contributed by atoms with Gasteiger partial charge in [0, 0.05) is 12.2 Å². The third kappa shape index (κ3) is 2.34. The second-order valence-electron chi connectivity index (χ2n) is 4.65. The largest absolute Gasteiger partial charge is 0.357 e. The zero-order valence-electron chi connectivity index (χ0n) is 11.2. The van der Waals surface area contributed by atoms with E-state index in [0.717, 1.165) is 4.68 Å². The number of aromatic nitrogens is 6. The summed E-state index contributed by atoms with van der Waals surface area (Å²) in [5, 5.41) is 11.6. The van der Waals surface area contributed by atoms with Gasteiger partial charge in [-0.1, -0.05) is 11.3 Å². The van der Waals surface area contributed by atoms with E-state index in [0.29, 0.717) is 11.3 Å². The van der Waals surface area contributed by atoms with Crippen molar-refractivity contribution in [3.05, 3.63) is 46.8 Å². The molecule has 0 radical (unpaired) electrons. The quantitative estimate of drug-likeness (QED) is 0.691. The lowest BCUT2D eigenvalue weighted by Crippen LogP contribution is -2.30. The predicted molar refractivity (Wildman–Crippen MR) is 72.7 cm³/mol. The molecule has 0 spiro atoms. The number of hydrogen-bond donors (Lipinski definition) is 1. The van der Waals surface area contributed by atoms with Crippen LogP contribution < -0.4 is 11.4 Å². The predicted octanol–water partition coefficient (Wildman–Crippen LogP) is -0.552. The summed E-state index contributed by atoms with van der Waals surface area (Å²) in [5.41, 5.74) is 6.14. The second-order valence-corrected chi connectivity index (χ2v) is 4.65. The Morgan fingerprint density at radius 3 is 2.90 bits per heavy atom. The van der Waals surface area contributed by atoms with Crippen LogP contribution in [0.15, 0.2) is 35.4 Å². The highest BCUT2D eigenvalue weighted by molar-refractivity contribution is 5.77. The van der Waals surface area contributed by atoms with Gasteiger partial charge in [0.15, 0.2) is 5.65 Å². The third-order valence-electron chi connectivity index (χ3n) is 2.98. The van der Waals surface area contributed by atoms with Crippen molar-refractivity contribution < 1.29 is 4.79 Å². The average Bonchev–Trinajstić information content (AvgIpc) is 3.05. The summed E-state index contributed by atoms with van der Waals surface area (Å²) in [4.78, 5) is 24.2. The Kier molecular flexibility index (Phi) is 3.10. The van der Waals surface area contributed by atoms with Crippen molar-refractivity contribution in [3.63, 3.8) is 0 Å². The maximum absolute atomic E-state index is 12.2. The van der Waals surface area contributed by atoms with E-state index in [4.69, 9.17) is 5.73 Å². The Bertz CT molecular complexity index is 858. The van der Waals surface area contributed by atoms with Gasteiger partial charge in [0.25, 0.3) is 5.91 Å². The number of nitrogens with two attached hydrogens (primary N) is 1. The molecule has 0 aliphatic carbocycles. The van der Waals surface area contributed by atoms with Crippen molar-refractivity contribution in [1.29, 1.82) is 0 Å². The number of pyridine rings is 1. The Morgan fingerprint density at radius 1 is 1.43 bits per heavy atom. The van der Waals surface area contributed by atoms with Crippen LogP contribution in [0.5, 0.6) is 0 Å². The maximum Gasteiger partial charge on any atom is 0.357 e. The lowest BCUT2D eigenvalue weighted by atomic mass is 10.3. The van der Waals surface area contributed by atoms with Crippen LogP contribution in [0.2, 0.25) is 0 Å². The minimum Gasteiger partial charge on any atom is -0.323 e. The zero-order valence-corrected chi connectivity index (χ0v) is 11.2. The molecule has 0 aliphatic heterocycles. The van der Waals surface area contributed by atoms with E-state index in [9.17, 15) is 9.59 Å². The van der Waals surface area contributed by atoms with Crippen LogP contribution in [0.4, 0.5) is 0 Å². The summed E-state index contributed by atoms with van der Waals surface area (Å²) in [6.07, 6.45) is 3.13. The fourth-order valence-electron chi connectivity index (χ4n) is 1.89. The Labute approximate surface area is 118 Å². The molecular formula is C12H13N7O2. The third-order valence-corrected chi connectivity index (χ3v) is 2.98. The summed E-state index contributed by atoms with van der Waals surface area (Å²) in [7, 11) is 0. The molecular weight excluding hydrogens is 274 g/mol. The first kappa shape index (κ1) is 13.2. The number of rotatable bonds is 3. The molecule has 0 aromatic carbocycles. The molecule has 0 fully saturated rings. The molecule has 108 valence electrons. The Morgan fingerprint density at radius 2 is 2.24 bits per heavy atom. The molecule has 0 aliphatic rings. The summed E-state index contributed by atoms with van der Waals surface area (Å²) in [6.45, 7) is 1.63. The first-order valence-corrected chi connectivity index (χ1v) is 6.31. The van der Waals surface area contributed by atoms with Gasteiger partial charge in [-0.3, -0.25) is 4.79 Å². The van der Waals surface area contributed by atoms with Gasteiger partial charge in [-0.15, -0.1) is 14.9 Å². The van der Waals surface area contributed by atoms with Crippen molar-refractivity contribution in [2.45, 2.75) is 19.5 Å². The van der Waals surface area contributed by atoms with Crippen LogP contribution in [0.25, 0.3) is 5.65 Å². The zero-order chi connectivity index (χ0) is 15.0. The van der Waals surface area contributed by atoms with Crippen LogP contribution in [0, 0.1) is 0 Å². The summed E-state index contributed by atoms with van der Waals surface area (Å²) in [5.74, 6) is -0.496. The van der Waals surface area contributed by atoms with E-state index in [1.54, 1.807) is 37.5 Å². The molecule has 1 unspecified atom stereocenters. The van der Waals surface area contributed by atoms with Gasteiger partial charge >= 0.3 is 5.69 Å². The van der Waals surface area contributed by atoms with E-state index in [1.165, 1.54) is 9.08 Å². The van der Waals surface area contributed by atoms with Crippen LogP contribution >= 0.6 is 0 Å². The van der Waals surface area contributed by atoms with E-state index >= 15 is 0 Å². The second kappa shape index (κ2) is 4.94. The Hall–Kier alpha value is -2.81. The van der Waals surface area contributed by atoms with E-state index < -0.39 is 11.6 Å². The average molecular weight is 287 g/mol. The van der Waals surface area contributed by atoms with Gasteiger partial charge in [0.2, 0.25) is 0 Å². The van der Waals surface area contributed by atoms with Gasteiger partial charge in [0.05, 0.1) is 11.9 Å². The molecule has 0 saturated carbocycles. The highest BCUT2D eigenvalue weighted by Crippen LogP contribution is 2.03. The minimum absolute atomic E-state index is 0.135. The molecule has 0 saturated heterocycles. The van der Waals surface area contributed by atoms with E-state index in [-0.39, 0.29) is 12.6 Å². The lowest BCUT2D eigenvalue weighted by molar-refractivity contribution is 0.0865. The van der Waals surface area contributed by atoms with Gasteiger partial charge in [-0.05, 0) is 19.1 Å². The van der Waals surface area contributed by atoms with Crippen LogP contribution in [0.3, 0.4) is 0 Å². The summed E-state index contributed by atoms with van der Waals surface area (Å²) < 4.78 is 3.45. The molecule has 9 nitrogen and oxygen atoms in total. The first-order valence-electron chi connectivity index (χ1n) is 6.31. The van der Waals surface area contributed by atoms with Gasteiger partial charge in [-0.25, -0.2) is 13.9 Å². The molecule has 2 N–H and O–H groups in total. The van der Waals surface area contributed by atoms with Crippen molar-refractivity contribution in [3.8, 4) is 0 Å². The monoisotopic (exact) mass is 287 g/mol. The van der Waals surface area contributed by atoms with Crippen molar-refractivity contribution >= 4 is 11.6 Å². The van der Waals surface area contributed by atoms with Crippen LogP contribution in [-0.4, -0.2) is 35.1 Å². The fourth-order valence-corrected chi connectivity index (χ4v) is 1.89.